The minimum absolute atomic E-state index is 0.0379. The third-order valence-electron chi connectivity index (χ3n) is 16.8. The molecule has 0 spiro atoms. The van der Waals surface area contributed by atoms with Crippen molar-refractivity contribution in [1.82, 2.24) is 0 Å². The molecule has 580 valence electrons. The number of hydrogen-bond donors (Lipinski definition) is 3. The van der Waals surface area contributed by atoms with Gasteiger partial charge in [0.2, 0.25) is 0 Å². The Bertz CT molecular complexity index is 2230. The van der Waals surface area contributed by atoms with Crippen LogP contribution in [0.15, 0.2) is 85.1 Å². The van der Waals surface area contributed by atoms with E-state index in [9.17, 15) is 43.2 Å². The van der Waals surface area contributed by atoms with Crippen LogP contribution in [0, 0.1) is 0 Å². The van der Waals surface area contributed by atoms with Crippen LogP contribution < -0.4 is 0 Å². The molecule has 0 bridgehead atoms. The molecule has 5 atom stereocenters. The number of esters is 4. The van der Waals surface area contributed by atoms with Crippen LogP contribution in [0.1, 0.15) is 349 Å². The van der Waals surface area contributed by atoms with E-state index in [0.29, 0.717) is 32.1 Å². The van der Waals surface area contributed by atoms with Gasteiger partial charge in [-0.25, -0.2) is 9.13 Å². The number of phosphoric ester groups is 2. The first-order valence-electron chi connectivity index (χ1n) is 39.8. The lowest BCUT2D eigenvalue weighted by Crippen LogP contribution is -2.30. The summed E-state index contributed by atoms with van der Waals surface area (Å²) in [4.78, 5) is 72.9. The zero-order chi connectivity index (χ0) is 73.2. The first-order valence-corrected chi connectivity index (χ1v) is 42.8. The first kappa shape index (κ1) is 96.2. The van der Waals surface area contributed by atoms with Gasteiger partial charge in [0, 0.05) is 25.7 Å². The van der Waals surface area contributed by atoms with Crippen molar-refractivity contribution in [2.45, 2.75) is 367 Å². The Morgan fingerprint density at radius 1 is 0.280 bits per heavy atom. The molecule has 0 radical (unpaired) electrons. The summed E-state index contributed by atoms with van der Waals surface area (Å²) in [6, 6.07) is 0. The van der Waals surface area contributed by atoms with E-state index in [4.69, 9.17) is 37.0 Å². The summed E-state index contributed by atoms with van der Waals surface area (Å²) in [6.45, 7) is 4.76. The normalized spacial score (nSPS) is 14.3. The topological polar surface area (TPSA) is 237 Å². The molecule has 0 rings (SSSR count). The van der Waals surface area contributed by atoms with E-state index >= 15 is 0 Å². The maximum Gasteiger partial charge on any atom is 0.472 e. The van der Waals surface area contributed by atoms with Gasteiger partial charge in [-0.2, -0.15) is 0 Å². The lowest BCUT2D eigenvalue weighted by molar-refractivity contribution is -0.161. The molecule has 0 aliphatic heterocycles. The van der Waals surface area contributed by atoms with E-state index in [1.165, 1.54) is 135 Å². The predicted octanol–water partition coefficient (Wildman–Crippen LogP) is 23.0. The Hall–Kier alpha value is -3.76. The van der Waals surface area contributed by atoms with Gasteiger partial charge in [0.15, 0.2) is 12.2 Å². The van der Waals surface area contributed by atoms with Gasteiger partial charge in [-0.05, 0) is 116 Å². The second-order valence-electron chi connectivity index (χ2n) is 26.7. The van der Waals surface area contributed by atoms with E-state index in [0.717, 1.165) is 128 Å². The highest BCUT2D eigenvalue weighted by Gasteiger charge is 2.30. The monoisotopic (exact) mass is 1450 g/mol. The molecule has 0 aromatic heterocycles. The van der Waals surface area contributed by atoms with Crippen molar-refractivity contribution in [3.8, 4) is 0 Å². The number of rotatable bonds is 75. The number of aliphatic hydroxyl groups excluding tert-OH is 1. The number of aliphatic hydroxyl groups is 1. The molecule has 0 saturated carbocycles. The Labute approximate surface area is 608 Å². The maximum atomic E-state index is 13.1. The fraction of sp³-hybridized carbons (Fsp3) is 0.778. The van der Waals surface area contributed by atoms with Crippen LogP contribution in [0.2, 0.25) is 0 Å². The molecule has 0 aliphatic rings. The molecule has 100 heavy (non-hydrogen) atoms. The molecule has 3 N–H and O–H groups in total. The summed E-state index contributed by atoms with van der Waals surface area (Å²) >= 11 is 0. The van der Waals surface area contributed by atoms with E-state index in [-0.39, 0.29) is 25.7 Å². The minimum Gasteiger partial charge on any atom is -0.462 e. The van der Waals surface area contributed by atoms with Crippen LogP contribution in [0.3, 0.4) is 0 Å². The zero-order valence-electron chi connectivity index (χ0n) is 63.4. The molecule has 0 fully saturated rings. The van der Waals surface area contributed by atoms with Crippen molar-refractivity contribution < 1.29 is 80.2 Å². The summed E-state index contributed by atoms with van der Waals surface area (Å²) in [5, 5.41) is 10.6. The van der Waals surface area contributed by atoms with Gasteiger partial charge in [0.1, 0.15) is 19.3 Å². The summed E-state index contributed by atoms with van der Waals surface area (Å²) in [5.41, 5.74) is 0. The Morgan fingerprint density at radius 2 is 0.510 bits per heavy atom. The number of allylic oxidation sites excluding steroid dienone is 14. The van der Waals surface area contributed by atoms with Crippen LogP contribution in [0.5, 0.6) is 0 Å². The highest BCUT2D eigenvalue weighted by Crippen LogP contribution is 2.45. The smallest absolute Gasteiger partial charge is 0.462 e. The number of phosphoric acid groups is 2. The fourth-order valence-corrected chi connectivity index (χ4v) is 12.3. The van der Waals surface area contributed by atoms with Crippen LogP contribution in [0.4, 0.5) is 0 Å². The van der Waals surface area contributed by atoms with Crippen LogP contribution in [-0.2, 0) is 65.4 Å². The fourth-order valence-electron chi connectivity index (χ4n) is 10.7. The average Bonchev–Trinajstić information content (AvgIpc) is 0.924. The lowest BCUT2D eigenvalue weighted by Gasteiger charge is -2.21. The van der Waals surface area contributed by atoms with E-state index in [1.807, 2.05) is 12.2 Å². The second-order valence-corrected chi connectivity index (χ2v) is 29.6. The SMILES string of the molecule is CCCCC/C=C\C/C=C\C/C=C\C/C=C\C/C=C\CCC(=O)OC[C@H](COP(=O)(O)OC[C@@H](O)COP(=O)(O)OC[C@@H](COC(=O)CCCCCCC/C=C\CCCCCC)OC(=O)CCCCCCCCCCCCCCCCC)OC(=O)CCCCCCC/C=C\CCCCCC. The zero-order valence-corrected chi connectivity index (χ0v) is 65.2. The third kappa shape index (κ3) is 72.6. The van der Waals surface area contributed by atoms with Gasteiger partial charge < -0.3 is 33.8 Å². The van der Waals surface area contributed by atoms with Crippen molar-refractivity contribution in [2.75, 3.05) is 39.6 Å². The molecular weight excluding hydrogens is 1310 g/mol. The molecule has 0 aromatic carbocycles. The highest BCUT2D eigenvalue weighted by atomic mass is 31.2. The van der Waals surface area contributed by atoms with Crippen molar-refractivity contribution in [3.63, 3.8) is 0 Å². The van der Waals surface area contributed by atoms with Crippen molar-refractivity contribution in [1.29, 1.82) is 0 Å². The molecule has 0 amide bonds. The van der Waals surface area contributed by atoms with Crippen LogP contribution in [-0.4, -0.2) is 96.7 Å². The molecule has 2 unspecified atom stereocenters. The minimum atomic E-state index is -4.99. The molecule has 17 nitrogen and oxygen atoms in total. The van der Waals surface area contributed by atoms with Crippen molar-refractivity contribution in [2.24, 2.45) is 0 Å². The summed E-state index contributed by atoms with van der Waals surface area (Å²) < 4.78 is 68.5. The Balaban J connectivity index is 5.38. The highest BCUT2D eigenvalue weighted by molar-refractivity contribution is 7.47. The number of carbonyl (C=O) groups is 4. The number of unbranched alkanes of at least 4 members (excludes halogenated alkanes) is 35. The standard InChI is InChI=1S/C81H144O17P2/c1-5-9-13-17-21-25-29-33-35-36-37-38-40-43-46-50-54-58-62-66-79(84)92-72-76(97-80(85)67-63-59-55-51-47-42-32-28-24-20-16-12-8-4)73-95-99(87,88)93-69-75(82)70-94-100(89,90)96-74-77(71-91-78(83)65-61-57-53-49-45-41-31-27-23-19-15-11-7-3)98-81(86)68-64-60-56-52-48-44-39-34-30-26-22-18-14-10-6-2/h21,25,27-28,31-33,35,37-38,43,46,54,58,75-77,82H,5-20,22-24,26,29-30,34,36,39-42,44-45,47-53,55-57,59-74H2,1-4H3,(H,87,88)(H,89,90)/b25-21-,31-27-,32-28-,35-33-,38-37-,46-43-,58-54-/t75-,76-,77-/m1/s1. The maximum absolute atomic E-state index is 13.1. The van der Waals surface area contributed by atoms with Crippen LogP contribution >= 0.6 is 15.6 Å². The summed E-state index contributed by atoms with van der Waals surface area (Å²) in [5.74, 6) is -2.27. The largest absolute Gasteiger partial charge is 0.472 e. The summed E-state index contributed by atoms with van der Waals surface area (Å²) in [6.07, 6.45) is 75.8. The van der Waals surface area contributed by atoms with Gasteiger partial charge >= 0.3 is 39.5 Å². The van der Waals surface area contributed by atoms with Gasteiger partial charge in [-0.1, -0.05) is 293 Å². The third-order valence-corrected chi connectivity index (χ3v) is 18.7. The number of ether oxygens (including phenoxy) is 4. The summed E-state index contributed by atoms with van der Waals surface area (Å²) in [7, 11) is -9.96. The number of carbonyl (C=O) groups excluding carboxylic acids is 4. The van der Waals surface area contributed by atoms with Gasteiger partial charge in [0.25, 0.3) is 0 Å². The van der Waals surface area contributed by atoms with E-state index in [2.05, 4.69) is 101 Å². The molecule has 0 aromatic rings. The van der Waals surface area contributed by atoms with Crippen molar-refractivity contribution >= 4 is 39.5 Å². The quantitative estimate of drug-likeness (QED) is 0.0169. The van der Waals surface area contributed by atoms with E-state index < -0.39 is 97.5 Å². The van der Waals surface area contributed by atoms with Gasteiger partial charge in [-0.15, -0.1) is 0 Å². The predicted molar refractivity (Wildman–Crippen MR) is 409 cm³/mol. The Morgan fingerprint density at radius 3 is 0.850 bits per heavy atom. The molecule has 19 heteroatoms. The molecular formula is C81H144O17P2. The first-order chi connectivity index (χ1) is 48.7. The average molecular weight is 1450 g/mol. The van der Waals surface area contributed by atoms with E-state index in [1.54, 1.807) is 0 Å². The van der Waals surface area contributed by atoms with Gasteiger partial charge in [-0.3, -0.25) is 37.3 Å². The number of hydrogen-bond acceptors (Lipinski definition) is 15. The molecule has 0 heterocycles. The van der Waals surface area contributed by atoms with Crippen LogP contribution in [0.25, 0.3) is 0 Å². The van der Waals surface area contributed by atoms with Gasteiger partial charge in [0.05, 0.1) is 26.4 Å². The molecule has 0 saturated heterocycles. The second kappa shape index (κ2) is 73.5. The lowest BCUT2D eigenvalue weighted by atomic mass is 10.0. The van der Waals surface area contributed by atoms with Crippen molar-refractivity contribution in [3.05, 3.63) is 85.1 Å². The molecule has 0 aliphatic carbocycles. The Kier molecular flexibility index (Phi) is 70.8.